The molecule has 2 rings (SSSR count). The van der Waals surface area contributed by atoms with Crippen LogP contribution in [0.4, 0.5) is 0 Å². The zero-order valence-electron chi connectivity index (χ0n) is 4.98. The number of hydrogen-bond donors (Lipinski definition) is 2. The molecule has 0 spiro atoms. The molecule has 2 atom stereocenters. The molecule has 46 valence electrons. The first-order valence-electron chi connectivity index (χ1n) is 3.43. The maximum Gasteiger partial charge on any atom is 0.0346 e. The van der Waals surface area contributed by atoms with Gasteiger partial charge in [-0.3, -0.25) is 0 Å². The Bertz CT molecular complexity index is 80.5. The summed E-state index contributed by atoms with van der Waals surface area (Å²) < 4.78 is 0. The summed E-state index contributed by atoms with van der Waals surface area (Å²) in [4.78, 5) is 0. The van der Waals surface area contributed by atoms with Gasteiger partial charge in [0.2, 0.25) is 0 Å². The molecule has 0 aromatic heterocycles. The number of hydrogen-bond acceptors (Lipinski definition) is 2. The predicted octanol–water partition coefficient (Wildman–Crippen LogP) is -0.290. The first-order chi connectivity index (χ1) is 3.97. The second kappa shape index (κ2) is 1.71. The maximum atomic E-state index is 3.46. The van der Waals surface area contributed by atoms with Gasteiger partial charge in [-0.15, -0.1) is 0 Å². The molecule has 2 heterocycles. The summed E-state index contributed by atoms with van der Waals surface area (Å²) in [5.41, 5.74) is 0. The molecule has 2 aliphatic rings. The van der Waals surface area contributed by atoms with Crippen LogP contribution in [0.1, 0.15) is 12.8 Å². The first-order valence-corrected chi connectivity index (χ1v) is 3.43. The van der Waals surface area contributed by atoms with Crippen molar-refractivity contribution in [1.29, 1.82) is 0 Å². The van der Waals surface area contributed by atoms with E-state index in [1.54, 1.807) is 0 Å². The van der Waals surface area contributed by atoms with E-state index in [1.165, 1.54) is 25.9 Å². The van der Waals surface area contributed by atoms with E-state index in [0.29, 0.717) is 0 Å². The third kappa shape index (κ3) is 0.565. The fourth-order valence-electron chi connectivity index (χ4n) is 1.53. The van der Waals surface area contributed by atoms with Crippen LogP contribution in [0.5, 0.6) is 0 Å². The Hall–Kier alpha value is -0.0800. The van der Waals surface area contributed by atoms with Crippen LogP contribution >= 0.6 is 0 Å². The summed E-state index contributed by atoms with van der Waals surface area (Å²) in [6.45, 7) is 2.44. The highest BCUT2D eigenvalue weighted by molar-refractivity contribution is 4.96. The predicted molar refractivity (Wildman–Crippen MR) is 32.8 cm³/mol. The molecule has 2 fully saturated rings. The summed E-state index contributed by atoms with van der Waals surface area (Å²) in [6.07, 6.45) is 2.74. The van der Waals surface area contributed by atoms with Crippen LogP contribution in [0.15, 0.2) is 0 Å². The highest BCUT2D eigenvalue weighted by Gasteiger charge is 2.31. The Kier molecular flexibility index (Phi) is 1.02. The van der Waals surface area contributed by atoms with E-state index in [0.717, 1.165) is 12.1 Å². The maximum absolute atomic E-state index is 3.46. The van der Waals surface area contributed by atoms with Gasteiger partial charge in [0.05, 0.1) is 0 Å². The lowest BCUT2D eigenvalue weighted by atomic mass is 9.92. The number of piperidine rings is 1. The molecule has 0 radical (unpaired) electrons. The smallest absolute Gasteiger partial charge is 0.0346 e. The molecule has 8 heavy (non-hydrogen) atoms. The van der Waals surface area contributed by atoms with Crippen molar-refractivity contribution in [2.75, 3.05) is 13.1 Å². The minimum Gasteiger partial charge on any atom is -0.311 e. The molecule has 2 aliphatic heterocycles. The fourth-order valence-corrected chi connectivity index (χ4v) is 1.53. The Balaban J connectivity index is 1.92. The fraction of sp³-hybridized carbons (Fsp3) is 1.00. The van der Waals surface area contributed by atoms with Gasteiger partial charge in [-0.2, -0.15) is 0 Å². The summed E-state index contributed by atoms with van der Waals surface area (Å²) in [5.74, 6) is 0. The first kappa shape index (κ1) is 4.77. The van der Waals surface area contributed by atoms with Crippen LogP contribution in [0.3, 0.4) is 0 Å². The Labute approximate surface area is 49.7 Å². The van der Waals surface area contributed by atoms with Gasteiger partial charge < -0.3 is 10.6 Å². The van der Waals surface area contributed by atoms with Gasteiger partial charge in [-0.05, 0) is 19.4 Å². The molecule has 0 amide bonds. The van der Waals surface area contributed by atoms with E-state index in [1.807, 2.05) is 0 Å². The molecule has 1 unspecified atom stereocenters. The average molecular weight is 112 g/mol. The molecule has 2 nitrogen and oxygen atoms in total. The quantitative estimate of drug-likeness (QED) is 0.450. The summed E-state index contributed by atoms with van der Waals surface area (Å²) in [6, 6.07) is 1.65. The van der Waals surface area contributed by atoms with Crippen molar-refractivity contribution < 1.29 is 0 Å². The molecule has 2 heteroatoms. The van der Waals surface area contributed by atoms with Gasteiger partial charge in [0.1, 0.15) is 0 Å². The molecule has 0 aliphatic carbocycles. The van der Waals surface area contributed by atoms with Gasteiger partial charge >= 0.3 is 0 Å². The van der Waals surface area contributed by atoms with Crippen molar-refractivity contribution >= 4 is 0 Å². The van der Waals surface area contributed by atoms with Gasteiger partial charge in [-0.25, -0.2) is 0 Å². The number of rotatable bonds is 0. The van der Waals surface area contributed by atoms with Crippen molar-refractivity contribution in [2.45, 2.75) is 24.9 Å². The van der Waals surface area contributed by atoms with E-state index < -0.39 is 0 Å². The monoisotopic (exact) mass is 112 g/mol. The Morgan fingerprint density at radius 2 is 2.12 bits per heavy atom. The number of fused-ring (bicyclic) bond motifs is 1. The minimum absolute atomic E-state index is 0.823. The highest BCUT2D eigenvalue weighted by atomic mass is 15.1. The summed E-state index contributed by atoms with van der Waals surface area (Å²) >= 11 is 0. The van der Waals surface area contributed by atoms with Crippen LogP contribution in [0.25, 0.3) is 0 Å². The van der Waals surface area contributed by atoms with E-state index in [4.69, 9.17) is 0 Å². The average Bonchev–Trinajstić information content (AvgIpc) is 1.72. The second-order valence-electron chi connectivity index (χ2n) is 2.72. The van der Waals surface area contributed by atoms with Crippen LogP contribution < -0.4 is 10.6 Å². The topological polar surface area (TPSA) is 24.1 Å². The SMILES string of the molecule is C1CN[C@@H]2CNC2C1. The molecule has 0 aromatic rings. The Morgan fingerprint density at radius 3 is 2.50 bits per heavy atom. The van der Waals surface area contributed by atoms with E-state index >= 15 is 0 Å². The largest absolute Gasteiger partial charge is 0.311 e. The van der Waals surface area contributed by atoms with Crippen LogP contribution in [0.2, 0.25) is 0 Å². The molecule has 0 saturated carbocycles. The minimum atomic E-state index is 0.823. The molecule has 0 bridgehead atoms. The van der Waals surface area contributed by atoms with E-state index in [-0.39, 0.29) is 0 Å². The van der Waals surface area contributed by atoms with Crippen molar-refractivity contribution in [3.63, 3.8) is 0 Å². The molecule has 0 aromatic carbocycles. The highest BCUT2D eigenvalue weighted by Crippen LogP contribution is 2.14. The van der Waals surface area contributed by atoms with E-state index in [9.17, 15) is 0 Å². The van der Waals surface area contributed by atoms with Crippen LogP contribution in [-0.4, -0.2) is 25.2 Å². The van der Waals surface area contributed by atoms with Crippen LogP contribution in [-0.2, 0) is 0 Å². The van der Waals surface area contributed by atoms with Gasteiger partial charge in [0, 0.05) is 18.6 Å². The van der Waals surface area contributed by atoms with Crippen molar-refractivity contribution in [3.05, 3.63) is 0 Å². The molecule has 2 saturated heterocycles. The second-order valence-corrected chi connectivity index (χ2v) is 2.72. The summed E-state index contributed by atoms with van der Waals surface area (Å²) in [7, 11) is 0. The zero-order chi connectivity index (χ0) is 5.40. The Morgan fingerprint density at radius 1 is 1.12 bits per heavy atom. The third-order valence-corrected chi connectivity index (χ3v) is 2.18. The lowest BCUT2D eigenvalue weighted by molar-refractivity contribution is 0.210. The van der Waals surface area contributed by atoms with Gasteiger partial charge in [-0.1, -0.05) is 0 Å². The third-order valence-electron chi connectivity index (χ3n) is 2.18. The standard InChI is InChI=1S/C6H12N2/c1-2-5-6(4-8-5)7-3-1/h5-8H,1-4H2/t5?,6-/m1/s1. The van der Waals surface area contributed by atoms with Crippen molar-refractivity contribution in [2.24, 2.45) is 0 Å². The number of nitrogens with one attached hydrogen (secondary N) is 2. The van der Waals surface area contributed by atoms with Gasteiger partial charge in [0.25, 0.3) is 0 Å². The molecular weight excluding hydrogens is 100 g/mol. The summed E-state index contributed by atoms with van der Waals surface area (Å²) in [5, 5.41) is 6.84. The van der Waals surface area contributed by atoms with Gasteiger partial charge in [0.15, 0.2) is 0 Å². The lowest BCUT2D eigenvalue weighted by Crippen LogP contribution is -2.66. The van der Waals surface area contributed by atoms with Crippen molar-refractivity contribution in [1.82, 2.24) is 10.6 Å². The molecular formula is C6H12N2. The van der Waals surface area contributed by atoms with Crippen molar-refractivity contribution in [3.8, 4) is 0 Å². The van der Waals surface area contributed by atoms with Crippen LogP contribution in [0, 0.1) is 0 Å². The normalized spacial score (nSPS) is 45.0. The molecule has 2 N–H and O–H groups in total. The van der Waals surface area contributed by atoms with E-state index in [2.05, 4.69) is 10.6 Å². The lowest BCUT2D eigenvalue weighted by Gasteiger charge is -2.42. The zero-order valence-corrected chi connectivity index (χ0v) is 4.98.